The van der Waals surface area contributed by atoms with Crippen LogP contribution in [0.3, 0.4) is 0 Å². The van der Waals surface area contributed by atoms with Crippen molar-refractivity contribution >= 4 is 0 Å². The highest BCUT2D eigenvalue weighted by Gasteiger charge is 2.17. The average Bonchev–Trinajstić information content (AvgIpc) is 2.38. The Hall–Kier alpha value is -0.960. The summed E-state index contributed by atoms with van der Waals surface area (Å²) >= 11 is 0. The Morgan fingerprint density at radius 3 is 2.28 bits per heavy atom. The molecular weight excluding hydrogens is 232 g/mol. The van der Waals surface area contributed by atoms with Crippen LogP contribution in [0.2, 0.25) is 0 Å². The monoisotopic (exact) mass is 253 g/mol. The standard InChI is InChI=1S/C15H21F2N/c1-11-2-8-14(9-3-11)18-10-12-4-6-13(7-5-12)15(16)17/h4-7,11,14-15,18H,2-3,8-10H2,1H3. The van der Waals surface area contributed by atoms with Gasteiger partial charge in [0.2, 0.25) is 0 Å². The summed E-state index contributed by atoms with van der Waals surface area (Å²) in [5.74, 6) is 0.855. The van der Waals surface area contributed by atoms with E-state index in [0.29, 0.717) is 6.04 Å². The number of nitrogens with one attached hydrogen (secondary N) is 1. The maximum absolute atomic E-state index is 12.4. The van der Waals surface area contributed by atoms with Gasteiger partial charge in [-0.3, -0.25) is 0 Å². The summed E-state index contributed by atoms with van der Waals surface area (Å²) in [5, 5.41) is 3.52. The van der Waals surface area contributed by atoms with Crippen molar-refractivity contribution in [2.45, 2.75) is 51.6 Å². The number of alkyl halides is 2. The third-order valence-electron chi connectivity index (χ3n) is 3.84. The quantitative estimate of drug-likeness (QED) is 0.844. The van der Waals surface area contributed by atoms with Crippen LogP contribution in [0.4, 0.5) is 8.78 Å². The van der Waals surface area contributed by atoms with Crippen molar-refractivity contribution < 1.29 is 8.78 Å². The van der Waals surface area contributed by atoms with Crippen LogP contribution in [0.1, 0.15) is 50.2 Å². The molecule has 0 aromatic heterocycles. The molecule has 0 unspecified atom stereocenters. The van der Waals surface area contributed by atoms with E-state index in [1.54, 1.807) is 12.1 Å². The molecule has 1 N–H and O–H groups in total. The highest BCUT2D eigenvalue weighted by atomic mass is 19.3. The zero-order valence-electron chi connectivity index (χ0n) is 10.8. The number of benzene rings is 1. The van der Waals surface area contributed by atoms with Crippen LogP contribution in [0.5, 0.6) is 0 Å². The molecule has 0 aliphatic heterocycles. The first-order valence-corrected chi connectivity index (χ1v) is 6.75. The lowest BCUT2D eigenvalue weighted by Gasteiger charge is -2.27. The van der Waals surface area contributed by atoms with Crippen molar-refractivity contribution in [3.63, 3.8) is 0 Å². The minimum absolute atomic E-state index is 0.102. The second kappa shape index (κ2) is 6.28. The Morgan fingerprint density at radius 2 is 1.72 bits per heavy atom. The largest absolute Gasteiger partial charge is 0.310 e. The van der Waals surface area contributed by atoms with Gasteiger partial charge in [0.15, 0.2) is 0 Å². The summed E-state index contributed by atoms with van der Waals surface area (Å²) in [6, 6.07) is 7.21. The van der Waals surface area contributed by atoms with Gasteiger partial charge in [0, 0.05) is 18.2 Å². The zero-order valence-corrected chi connectivity index (χ0v) is 10.8. The maximum atomic E-state index is 12.4. The zero-order chi connectivity index (χ0) is 13.0. The van der Waals surface area contributed by atoms with Gasteiger partial charge in [-0.25, -0.2) is 8.78 Å². The number of hydrogen-bond donors (Lipinski definition) is 1. The van der Waals surface area contributed by atoms with Gasteiger partial charge in [0.25, 0.3) is 6.43 Å². The van der Waals surface area contributed by atoms with Crippen molar-refractivity contribution in [1.29, 1.82) is 0 Å². The van der Waals surface area contributed by atoms with Gasteiger partial charge in [-0.1, -0.05) is 31.2 Å². The molecule has 1 fully saturated rings. The second-order valence-corrected chi connectivity index (χ2v) is 5.38. The minimum atomic E-state index is -2.37. The highest BCUT2D eigenvalue weighted by molar-refractivity contribution is 5.23. The SMILES string of the molecule is CC1CCC(NCc2ccc(C(F)F)cc2)CC1. The Labute approximate surface area is 108 Å². The molecule has 1 aromatic carbocycles. The molecule has 0 atom stereocenters. The summed E-state index contributed by atoms with van der Waals surface area (Å²) in [7, 11) is 0. The topological polar surface area (TPSA) is 12.0 Å². The van der Waals surface area contributed by atoms with Crippen molar-refractivity contribution in [3.8, 4) is 0 Å². The van der Waals surface area contributed by atoms with E-state index >= 15 is 0 Å². The van der Waals surface area contributed by atoms with Crippen LogP contribution >= 0.6 is 0 Å². The summed E-state index contributed by atoms with van der Waals surface area (Å²) in [4.78, 5) is 0. The average molecular weight is 253 g/mol. The van der Waals surface area contributed by atoms with E-state index in [9.17, 15) is 8.78 Å². The van der Waals surface area contributed by atoms with Crippen molar-refractivity contribution in [2.75, 3.05) is 0 Å². The lowest BCUT2D eigenvalue weighted by molar-refractivity contribution is 0.151. The molecule has 3 heteroatoms. The predicted octanol–water partition coefficient (Wildman–Crippen LogP) is 4.29. The molecule has 18 heavy (non-hydrogen) atoms. The molecule has 1 aliphatic rings. The van der Waals surface area contributed by atoms with Gasteiger partial charge in [0.05, 0.1) is 0 Å². The molecule has 2 rings (SSSR count). The third kappa shape index (κ3) is 3.77. The van der Waals surface area contributed by atoms with Gasteiger partial charge in [0.1, 0.15) is 0 Å². The highest BCUT2D eigenvalue weighted by Crippen LogP contribution is 2.24. The van der Waals surface area contributed by atoms with Crippen LogP contribution in [-0.2, 0) is 6.54 Å². The van der Waals surface area contributed by atoms with E-state index in [4.69, 9.17) is 0 Å². The first kappa shape index (κ1) is 13.5. The van der Waals surface area contributed by atoms with Crippen molar-refractivity contribution in [3.05, 3.63) is 35.4 Å². The minimum Gasteiger partial charge on any atom is -0.310 e. The lowest BCUT2D eigenvalue weighted by Crippen LogP contribution is -2.32. The first-order valence-electron chi connectivity index (χ1n) is 6.75. The molecule has 0 spiro atoms. The first-order chi connectivity index (χ1) is 8.65. The van der Waals surface area contributed by atoms with E-state index in [0.717, 1.165) is 18.0 Å². The van der Waals surface area contributed by atoms with E-state index in [-0.39, 0.29) is 5.56 Å². The smallest absolute Gasteiger partial charge is 0.263 e. The van der Waals surface area contributed by atoms with Crippen LogP contribution in [0.15, 0.2) is 24.3 Å². The molecular formula is C15H21F2N. The maximum Gasteiger partial charge on any atom is 0.263 e. The fraction of sp³-hybridized carbons (Fsp3) is 0.600. The van der Waals surface area contributed by atoms with Gasteiger partial charge in [-0.05, 0) is 37.2 Å². The van der Waals surface area contributed by atoms with Gasteiger partial charge >= 0.3 is 0 Å². The molecule has 1 saturated carbocycles. The molecule has 0 bridgehead atoms. The number of halogens is 2. The summed E-state index contributed by atoms with van der Waals surface area (Å²) in [5.41, 5.74) is 1.18. The molecule has 0 amide bonds. The van der Waals surface area contributed by atoms with Crippen molar-refractivity contribution in [1.82, 2.24) is 5.32 Å². The number of rotatable bonds is 4. The fourth-order valence-electron chi connectivity index (χ4n) is 2.51. The molecule has 0 radical (unpaired) electrons. The van der Waals surface area contributed by atoms with Gasteiger partial charge in [-0.15, -0.1) is 0 Å². The summed E-state index contributed by atoms with van der Waals surface area (Å²) in [6.07, 6.45) is 2.68. The Morgan fingerprint density at radius 1 is 1.11 bits per heavy atom. The van der Waals surface area contributed by atoms with E-state index < -0.39 is 6.43 Å². The van der Waals surface area contributed by atoms with E-state index in [1.165, 1.54) is 37.8 Å². The Bertz CT molecular complexity index is 353. The predicted molar refractivity (Wildman–Crippen MR) is 69.7 cm³/mol. The Kier molecular flexibility index (Phi) is 4.70. The molecule has 1 aromatic rings. The third-order valence-corrected chi connectivity index (χ3v) is 3.84. The lowest BCUT2D eigenvalue weighted by atomic mass is 9.87. The molecule has 1 nitrogen and oxygen atoms in total. The van der Waals surface area contributed by atoms with Gasteiger partial charge < -0.3 is 5.32 Å². The van der Waals surface area contributed by atoms with Crippen molar-refractivity contribution in [2.24, 2.45) is 5.92 Å². The molecule has 1 aliphatic carbocycles. The summed E-state index contributed by atoms with van der Waals surface area (Å²) < 4.78 is 24.8. The normalized spacial score (nSPS) is 24.4. The fourth-order valence-corrected chi connectivity index (χ4v) is 2.51. The molecule has 0 heterocycles. The van der Waals surface area contributed by atoms with Gasteiger partial charge in [-0.2, -0.15) is 0 Å². The van der Waals surface area contributed by atoms with Crippen LogP contribution in [0, 0.1) is 5.92 Å². The summed E-state index contributed by atoms with van der Waals surface area (Å²) in [6.45, 7) is 3.09. The van der Waals surface area contributed by atoms with Crippen LogP contribution < -0.4 is 5.32 Å². The second-order valence-electron chi connectivity index (χ2n) is 5.38. The van der Waals surface area contributed by atoms with E-state index in [1.807, 2.05) is 0 Å². The Balaban J connectivity index is 1.79. The number of hydrogen-bond acceptors (Lipinski definition) is 1. The molecule has 0 saturated heterocycles. The molecule has 100 valence electrons. The van der Waals surface area contributed by atoms with Crippen LogP contribution in [0.25, 0.3) is 0 Å². The van der Waals surface area contributed by atoms with E-state index in [2.05, 4.69) is 12.2 Å². The van der Waals surface area contributed by atoms with Crippen LogP contribution in [-0.4, -0.2) is 6.04 Å².